The van der Waals surface area contributed by atoms with Gasteiger partial charge in [0.2, 0.25) is 0 Å². The number of halogens is 1. The largest absolute Gasteiger partial charge is 0.300 e. The molecule has 3 rings (SSSR count). The van der Waals surface area contributed by atoms with Gasteiger partial charge in [-0.2, -0.15) is 0 Å². The van der Waals surface area contributed by atoms with Crippen LogP contribution in [0.3, 0.4) is 0 Å². The van der Waals surface area contributed by atoms with Crippen molar-refractivity contribution in [1.82, 2.24) is 10.3 Å². The van der Waals surface area contributed by atoms with Gasteiger partial charge in [-0.15, -0.1) is 0 Å². The fourth-order valence-corrected chi connectivity index (χ4v) is 2.54. The Morgan fingerprint density at radius 2 is 2.19 bits per heavy atom. The van der Waals surface area contributed by atoms with Gasteiger partial charge in [-0.1, -0.05) is 12.1 Å². The Hall–Kier alpha value is -2.47. The van der Waals surface area contributed by atoms with Crippen molar-refractivity contribution in [3.8, 4) is 0 Å². The molecule has 0 atom stereocenters. The Balaban J connectivity index is 1.96. The summed E-state index contributed by atoms with van der Waals surface area (Å²) in [5, 5.41) is 2.45. The minimum atomic E-state index is -0.369. The van der Waals surface area contributed by atoms with Gasteiger partial charge >= 0.3 is 0 Å². The molecule has 21 heavy (non-hydrogen) atoms. The average Bonchev–Trinajstić information content (AvgIpc) is 2.80. The zero-order chi connectivity index (χ0) is 14.7. The SMILES string of the molecule is O=C1NC(=Nc2cccc(F)c2)/C(=C/c2cccnc2)S1. The highest BCUT2D eigenvalue weighted by Crippen LogP contribution is 2.28. The van der Waals surface area contributed by atoms with Crippen molar-refractivity contribution in [1.29, 1.82) is 0 Å². The first-order chi connectivity index (χ1) is 10.2. The van der Waals surface area contributed by atoms with E-state index in [1.54, 1.807) is 24.5 Å². The van der Waals surface area contributed by atoms with Gasteiger partial charge in [-0.3, -0.25) is 9.78 Å². The maximum atomic E-state index is 13.2. The highest BCUT2D eigenvalue weighted by molar-refractivity contribution is 8.18. The minimum absolute atomic E-state index is 0.208. The van der Waals surface area contributed by atoms with Crippen molar-refractivity contribution >= 4 is 34.6 Å². The third-order valence-corrected chi connectivity index (χ3v) is 3.51. The molecule has 0 radical (unpaired) electrons. The first kappa shape index (κ1) is 13.5. The van der Waals surface area contributed by atoms with E-state index in [1.807, 2.05) is 18.2 Å². The van der Waals surface area contributed by atoms with E-state index in [9.17, 15) is 9.18 Å². The maximum Gasteiger partial charge on any atom is 0.289 e. The summed E-state index contributed by atoms with van der Waals surface area (Å²) >= 11 is 1.05. The third-order valence-electron chi connectivity index (χ3n) is 2.69. The number of rotatable bonds is 2. The molecule has 1 aliphatic heterocycles. The number of hydrogen-bond acceptors (Lipinski definition) is 4. The van der Waals surface area contributed by atoms with Crippen molar-refractivity contribution in [2.45, 2.75) is 0 Å². The summed E-state index contributed by atoms with van der Waals surface area (Å²) in [6.07, 6.45) is 5.18. The van der Waals surface area contributed by atoms with Crippen LogP contribution in [-0.2, 0) is 0 Å². The van der Waals surface area contributed by atoms with Crippen molar-refractivity contribution in [2.75, 3.05) is 0 Å². The fourth-order valence-electron chi connectivity index (χ4n) is 1.80. The number of hydrogen-bond donors (Lipinski definition) is 1. The van der Waals surface area contributed by atoms with Gasteiger partial charge in [-0.05, 0) is 47.7 Å². The number of benzene rings is 1. The number of thioether (sulfide) groups is 1. The van der Waals surface area contributed by atoms with Gasteiger partial charge < -0.3 is 5.32 Å². The number of aliphatic imine (C=N–C) groups is 1. The highest BCUT2D eigenvalue weighted by atomic mass is 32.2. The fraction of sp³-hybridized carbons (Fsp3) is 0. The van der Waals surface area contributed by atoms with Gasteiger partial charge in [0, 0.05) is 12.4 Å². The van der Waals surface area contributed by atoms with E-state index in [0.717, 1.165) is 17.3 Å². The van der Waals surface area contributed by atoms with E-state index < -0.39 is 0 Å². The molecule has 104 valence electrons. The highest BCUT2D eigenvalue weighted by Gasteiger charge is 2.23. The normalized spacial score (nSPS) is 18.2. The summed E-state index contributed by atoms with van der Waals surface area (Å²) in [6.45, 7) is 0. The molecule has 0 aliphatic carbocycles. The van der Waals surface area contributed by atoms with Crippen LogP contribution in [0.5, 0.6) is 0 Å². The van der Waals surface area contributed by atoms with Gasteiger partial charge in [0.25, 0.3) is 5.24 Å². The second-order valence-corrected chi connectivity index (χ2v) is 5.26. The molecular formula is C15H10FN3OS. The Kier molecular flexibility index (Phi) is 3.79. The molecule has 0 saturated carbocycles. The predicted octanol–water partition coefficient (Wildman–Crippen LogP) is 3.75. The number of nitrogens with one attached hydrogen (secondary N) is 1. The predicted molar refractivity (Wildman–Crippen MR) is 81.8 cm³/mol. The molecule has 1 fully saturated rings. The summed E-state index contributed by atoms with van der Waals surface area (Å²) in [4.78, 5) is 20.5. The van der Waals surface area contributed by atoms with E-state index in [0.29, 0.717) is 16.4 Å². The average molecular weight is 299 g/mol. The number of aromatic nitrogens is 1. The Labute approximate surface area is 124 Å². The van der Waals surface area contributed by atoms with Crippen molar-refractivity contribution < 1.29 is 9.18 Å². The van der Waals surface area contributed by atoms with Crippen LogP contribution < -0.4 is 5.32 Å². The molecule has 4 nitrogen and oxygen atoms in total. The Morgan fingerprint density at radius 3 is 2.95 bits per heavy atom. The van der Waals surface area contributed by atoms with E-state index in [2.05, 4.69) is 15.3 Å². The molecule has 0 bridgehead atoms. The van der Waals surface area contributed by atoms with Crippen LogP contribution >= 0.6 is 11.8 Å². The molecule has 1 amide bonds. The lowest BCUT2D eigenvalue weighted by molar-refractivity contribution is 0.265. The van der Waals surface area contributed by atoms with Gasteiger partial charge in [0.15, 0.2) is 0 Å². The van der Waals surface area contributed by atoms with E-state index >= 15 is 0 Å². The lowest BCUT2D eigenvalue weighted by atomic mass is 10.2. The quantitative estimate of drug-likeness (QED) is 0.919. The molecule has 1 aromatic heterocycles. The molecule has 6 heteroatoms. The molecule has 1 aromatic carbocycles. The van der Waals surface area contributed by atoms with Gasteiger partial charge in [0.1, 0.15) is 11.7 Å². The van der Waals surface area contributed by atoms with Crippen LogP contribution in [0, 0.1) is 5.82 Å². The molecule has 0 spiro atoms. The van der Waals surface area contributed by atoms with Crippen molar-refractivity contribution in [3.05, 3.63) is 65.1 Å². The van der Waals surface area contributed by atoms with Crippen LogP contribution in [-0.4, -0.2) is 16.1 Å². The zero-order valence-electron chi connectivity index (χ0n) is 10.8. The van der Waals surface area contributed by atoms with E-state index in [4.69, 9.17) is 0 Å². The van der Waals surface area contributed by atoms with Crippen LogP contribution in [0.15, 0.2) is 58.7 Å². The number of amides is 1. The number of amidine groups is 1. The van der Waals surface area contributed by atoms with Crippen LogP contribution in [0.2, 0.25) is 0 Å². The molecule has 2 aromatic rings. The molecule has 1 saturated heterocycles. The third kappa shape index (κ3) is 3.35. The first-order valence-corrected chi connectivity index (χ1v) is 6.97. The smallest absolute Gasteiger partial charge is 0.289 e. The summed E-state index contributed by atoms with van der Waals surface area (Å²) < 4.78 is 13.2. The van der Waals surface area contributed by atoms with Crippen molar-refractivity contribution in [3.63, 3.8) is 0 Å². The van der Waals surface area contributed by atoms with E-state index in [-0.39, 0.29) is 11.1 Å². The molecule has 2 heterocycles. The van der Waals surface area contributed by atoms with Crippen LogP contribution in [0.25, 0.3) is 6.08 Å². The molecule has 0 unspecified atom stereocenters. The van der Waals surface area contributed by atoms with Gasteiger partial charge in [0.05, 0.1) is 10.6 Å². The maximum absolute atomic E-state index is 13.2. The second-order valence-electron chi connectivity index (χ2n) is 4.25. The standard InChI is InChI=1S/C15H10FN3OS/c16-11-4-1-5-12(8-11)18-14-13(21-15(20)19-14)7-10-3-2-6-17-9-10/h1-9H,(H,18,19,20)/b13-7-. The Bertz CT molecular complexity index is 744. The number of pyridine rings is 1. The Morgan fingerprint density at radius 1 is 1.29 bits per heavy atom. The monoisotopic (exact) mass is 299 g/mol. The number of carbonyl (C=O) groups excluding carboxylic acids is 1. The summed E-state index contributed by atoms with van der Waals surface area (Å²) in [6, 6.07) is 9.59. The second kappa shape index (κ2) is 5.88. The number of nitrogens with zero attached hydrogens (tertiary/aromatic N) is 2. The van der Waals surface area contributed by atoms with Gasteiger partial charge in [-0.25, -0.2) is 9.38 Å². The lowest BCUT2D eigenvalue weighted by Gasteiger charge is -2.00. The lowest BCUT2D eigenvalue weighted by Crippen LogP contribution is -2.18. The minimum Gasteiger partial charge on any atom is -0.300 e. The van der Waals surface area contributed by atoms with Crippen molar-refractivity contribution in [2.24, 2.45) is 4.99 Å². The zero-order valence-corrected chi connectivity index (χ0v) is 11.6. The summed E-state index contributed by atoms with van der Waals surface area (Å²) in [7, 11) is 0. The van der Waals surface area contributed by atoms with Crippen LogP contribution in [0.4, 0.5) is 14.9 Å². The molecule has 1 N–H and O–H groups in total. The summed E-state index contributed by atoms with van der Waals surface area (Å²) in [5.74, 6) is 0.0473. The molecular weight excluding hydrogens is 289 g/mol. The van der Waals surface area contributed by atoms with E-state index in [1.165, 1.54) is 12.1 Å². The summed E-state index contributed by atoms with van der Waals surface area (Å²) in [5.41, 5.74) is 1.31. The number of carbonyl (C=O) groups is 1. The van der Waals surface area contributed by atoms with Crippen LogP contribution in [0.1, 0.15) is 5.56 Å². The molecule has 1 aliphatic rings. The first-order valence-electron chi connectivity index (χ1n) is 6.16. The topological polar surface area (TPSA) is 54.4 Å².